The molecule has 0 aliphatic carbocycles. The van der Waals surface area contributed by atoms with Crippen molar-refractivity contribution in [3.63, 3.8) is 0 Å². The highest BCUT2D eigenvalue weighted by Crippen LogP contribution is 2.34. The Labute approximate surface area is 96.9 Å². The molecule has 0 amide bonds. The van der Waals surface area contributed by atoms with E-state index in [4.69, 9.17) is 4.74 Å². The molecule has 0 bridgehead atoms. The minimum atomic E-state index is -0.0841. The highest BCUT2D eigenvalue weighted by molar-refractivity contribution is 6.14. The molecule has 0 saturated carbocycles. The summed E-state index contributed by atoms with van der Waals surface area (Å²) < 4.78 is 6.18. The molecule has 0 spiro atoms. The van der Waals surface area contributed by atoms with Crippen molar-refractivity contribution in [2.45, 2.75) is 46.9 Å². The summed E-state index contributed by atoms with van der Waals surface area (Å²) in [5, 5.41) is 3.53. The molecule has 1 N–H and O–H groups in total. The van der Waals surface area contributed by atoms with Crippen LogP contribution in [0.5, 0.6) is 0 Å². The number of hydrogen-bond acceptors (Lipinski definition) is 2. The van der Waals surface area contributed by atoms with E-state index in [2.05, 4.69) is 46.9 Å². The quantitative estimate of drug-likeness (QED) is 0.743. The van der Waals surface area contributed by atoms with Gasteiger partial charge in [0.2, 0.25) is 0 Å². The summed E-state index contributed by atoms with van der Waals surface area (Å²) in [7, 11) is 1.01. The summed E-state index contributed by atoms with van der Waals surface area (Å²) in [6.07, 6.45) is 0. The van der Waals surface area contributed by atoms with E-state index in [9.17, 15) is 0 Å². The van der Waals surface area contributed by atoms with Crippen LogP contribution < -0.4 is 5.32 Å². The van der Waals surface area contributed by atoms with Crippen LogP contribution in [-0.2, 0) is 4.74 Å². The molecule has 1 atom stereocenters. The SMILES string of the molecule is CC(C)C1=C(C(C)C)OC([SiH3])(C(C)C)N1. The lowest BCUT2D eigenvalue weighted by Crippen LogP contribution is -2.48. The van der Waals surface area contributed by atoms with Crippen LogP contribution in [0.4, 0.5) is 0 Å². The van der Waals surface area contributed by atoms with E-state index in [0.717, 1.165) is 10.2 Å². The predicted molar refractivity (Wildman–Crippen MR) is 68.4 cm³/mol. The van der Waals surface area contributed by atoms with Crippen molar-refractivity contribution in [3.8, 4) is 0 Å². The lowest BCUT2D eigenvalue weighted by Gasteiger charge is -2.31. The van der Waals surface area contributed by atoms with E-state index in [1.165, 1.54) is 11.5 Å². The maximum Gasteiger partial charge on any atom is 0.153 e. The summed E-state index contributed by atoms with van der Waals surface area (Å²) in [5.74, 6) is 2.70. The summed E-state index contributed by atoms with van der Waals surface area (Å²) in [4.78, 5) is 0. The van der Waals surface area contributed by atoms with Crippen LogP contribution in [0.3, 0.4) is 0 Å². The van der Waals surface area contributed by atoms with E-state index in [-0.39, 0.29) is 5.35 Å². The van der Waals surface area contributed by atoms with Crippen LogP contribution in [0.15, 0.2) is 11.5 Å². The van der Waals surface area contributed by atoms with E-state index >= 15 is 0 Å². The molecule has 0 saturated heterocycles. The molecule has 0 aromatic rings. The number of nitrogens with one attached hydrogen (secondary N) is 1. The Bertz CT molecular complexity index is 249. The van der Waals surface area contributed by atoms with E-state index in [0.29, 0.717) is 17.8 Å². The van der Waals surface area contributed by atoms with Crippen molar-refractivity contribution in [3.05, 3.63) is 11.5 Å². The zero-order chi connectivity index (χ0) is 11.8. The summed E-state index contributed by atoms with van der Waals surface area (Å²) in [6, 6.07) is 0. The van der Waals surface area contributed by atoms with Crippen molar-refractivity contribution in [1.82, 2.24) is 5.32 Å². The van der Waals surface area contributed by atoms with Crippen LogP contribution in [0.25, 0.3) is 0 Å². The van der Waals surface area contributed by atoms with E-state index < -0.39 is 0 Å². The smallest absolute Gasteiger partial charge is 0.153 e. The van der Waals surface area contributed by atoms with Crippen LogP contribution in [-0.4, -0.2) is 15.6 Å². The third kappa shape index (κ3) is 2.38. The zero-order valence-corrected chi connectivity index (χ0v) is 13.1. The molecule has 88 valence electrons. The third-order valence-electron chi connectivity index (χ3n) is 3.17. The molecule has 0 radical (unpaired) electrons. The summed E-state index contributed by atoms with van der Waals surface area (Å²) in [5.41, 5.74) is 1.31. The Morgan fingerprint density at radius 2 is 1.60 bits per heavy atom. The van der Waals surface area contributed by atoms with Gasteiger partial charge in [-0.2, -0.15) is 0 Å². The first-order valence-corrected chi connectivity index (χ1v) is 6.99. The van der Waals surface area contributed by atoms with Crippen molar-refractivity contribution >= 4 is 10.2 Å². The number of ether oxygens (including phenoxy) is 1. The predicted octanol–water partition coefficient (Wildman–Crippen LogP) is 1.80. The number of hydrogen-bond donors (Lipinski definition) is 1. The second kappa shape index (κ2) is 4.20. The monoisotopic (exact) mass is 227 g/mol. The molecule has 0 fully saturated rings. The fourth-order valence-corrected chi connectivity index (χ4v) is 2.25. The first-order chi connectivity index (χ1) is 6.78. The van der Waals surface area contributed by atoms with Crippen molar-refractivity contribution in [2.24, 2.45) is 17.8 Å². The largest absolute Gasteiger partial charge is 0.475 e. The molecule has 15 heavy (non-hydrogen) atoms. The molecule has 1 unspecified atom stereocenters. The van der Waals surface area contributed by atoms with Gasteiger partial charge in [-0.15, -0.1) is 0 Å². The Hall–Kier alpha value is -0.443. The second-order valence-electron chi connectivity index (χ2n) is 5.58. The molecular formula is C12H25NOSi. The van der Waals surface area contributed by atoms with Gasteiger partial charge in [0.05, 0.1) is 15.9 Å². The average Bonchev–Trinajstić information content (AvgIpc) is 2.45. The standard InChI is InChI=1S/C12H25NOSi/c1-7(2)10-11(8(3)4)14-12(15,13-10)9(5)6/h7-9,13H,1-6,15H3. The van der Waals surface area contributed by atoms with Crippen LogP contribution in [0.2, 0.25) is 0 Å². The maximum atomic E-state index is 6.18. The minimum absolute atomic E-state index is 0.0841. The molecule has 0 aromatic heterocycles. The van der Waals surface area contributed by atoms with Crippen molar-refractivity contribution < 1.29 is 4.74 Å². The Morgan fingerprint density at radius 3 is 1.87 bits per heavy atom. The fourth-order valence-electron chi connectivity index (χ4n) is 1.76. The minimum Gasteiger partial charge on any atom is -0.475 e. The lowest BCUT2D eigenvalue weighted by atomic mass is 10.0. The third-order valence-corrected chi connectivity index (χ3v) is 4.78. The molecule has 3 heteroatoms. The highest BCUT2D eigenvalue weighted by atomic mass is 28.1. The van der Waals surface area contributed by atoms with Crippen molar-refractivity contribution in [2.75, 3.05) is 0 Å². The molecule has 1 aliphatic rings. The number of allylic oxidation sites excluding steroid dienone is 2. The van der Waals surface area contributed by atoms with Crippen LogP contribution in [0.1, 0.15) is 41.5 Å². The summed E-state index contributed by atoms with van der Waals surface area (Å²) >= 11 is 0. The zero-order valence-electron chi connectivity index (χ0n) is 11.1. The van der Waals surface area contributed by atoms with E-state index in [1.54, 1.807) is 0 Å². The Kier molecular flexibility index (Phi) is 3.54. The van der Waals surface area contributed by atoms with Gasteiger partial charge in [-0.3, -0.25) is 0 Å². The van der Waals surface area contributed by atoms with Crippen LogP contribution in [0, 0.1) is 17.8 Å². The number of rotatable bonds is 3. The maximum absolute atomic E-state index is 6.18. The van der Waals surface area contributed by atoms with Gasteiger partial charge < -0.3 is 10.1 Å². The second-order valence-corrected chi connectivity index (χ2v) is 7.06. The Morgan fingerprint density at radius 1 is 1.07 bits per heavy atom. The van der Waals surface area contributed by atoms with Crippen molar-refractivity contribution in [1.29, 1.82) is 0 Å². The molecule has 1 aliphatic heterocycles. The van der Waals surface area contributed by atoms with E-state index in [1.807, 2.05) is 0 Å². The van der Waals surface area contributed by atoms with Gasteiger partial charge in [-0.1, -0.05) is 41.5 Å². The molecule has 1 heterocycles. The first kappa shape index (κ1) is 12.6. The highest BCUT2D eigenvalue weighted by Gasteiger charge is 2.39. The fraction of sp³-hybridized carbons (Fsp3) is 0.833. The normalized spacial score (nSPS) is 26.7. The topological polar surface area (TPSA) is 21.3 Å². The van der Waals surface area contributed by atoms with Gasteiger partial charge in [0.1, 0.15) is 5.76 Å². The average molecular weight is 227 g/mol. The Balaban J connectivity index is 2.95. The molecule has 1 rings (SSSR count). The summed E-state index contributed by atoms with van der Waals surface area (Å²) in [6.45, 7) is 13.3. The lowest BCUT2D eigenvalue weighted by molar-refractivity contribution is 0.0328. The molecular weight excluding hydrogens is 202 g/mol. The van der Waals surface area contributed by atoms with Gasteiger partial charge in [0.15, 0.2) is 5.35 Å². The van der Waals surface area contributed by atoms with Gasteiger partial charge in [0.25, 0.3) is 0 Å². The van der Waals surface area contributed by atoms with Crippen LogP contribution >= 0.6 is 0 Å². The van der Waals surface area contributed by atoms with Gasteiger partial charge >= 0.3 is 0 Å². The first-order valence-electron chi connectivity index (χ1n) is 5.99. The van der Waals surface area contributed by atoms with Gasteiger partial charge in [0, 0.05) is 11.8 Å². The molecule has 0 aromatic carbocycles. The van der Waals surface area contributed by atoms with Gasteiger partial charge in [-0.25, -0.2) is 0 Å². The van der Waals surface area contributed by atoms with Gasteiger partial charge in [-0.05, 0) is 5.92 Å². The molecule has 2 nitrogen and oxygen atoms in total.